The molecule has 2 rings (SSSR count). The van der Waals surface area contributed by atoms with Gasteiger partial charge in [-0.15, -0.1) is 0 Å². The quantitative estimate of drug-likeness (QED) is 0.188. The number of amides is 1. The molecule has 1 N–H and O–H groups in total. The number of nitrogens with zero attached hydrogens (tertiary/aromatic N) is 1. The molecule has 0 unspecified atom stereocenters. The Hall–Kier alpha value is -1.77. The molecule has 2 aromatic rings. The molecule has 0 spiro atoms. The number of carbonyl (C=O) groups excluding carboxylic acids is 1. The van der Waals surface area contributed by atoms with E-state index in [2.05, 4.69) is 53.3 Å². The molecule has 0 aliphatic carbocycles. The van der Waals surface area contributed by atoms with Crippen molar-refractivity contribution in [3.63, 3.8) is 0 Å². The highest BCUT2D eigenvalue weighted by Crippen LogP contribution is 2.15. The van der Waals surface area contributed by atoms with E-state index >= 15 is 0 Å². The Morgan fingerprint density at radius 1 is 0.697 bits per heavy atom. The van der Waals surface area contributed by atoms with Gasteiger partial charge < -0.3 is 9.88 Å². The van der Waals surface area contributed by atoms with Gasteiger partial charge in [0.15, 0.2) is 0 Å². The van der Waals surface area contributed by atoms with Crippen LogP contribution in [-0.2, 0) is 11.3 Å². The molecule has 0 fully saturated rings. The van der Waals surface area contributed by atoms with Crippen LogP contribution in [0.3, 0.4) is 0 Å². The van der Waals surface area contributed by atoms with Gasteiger partial charge in [0, 0.05) is 31.2 Å². The van der Waals surface area contributed by atoms with Gasteiger partial charge in [-0.05, 0) is 23.9 Å². The minimum Gasteiger partial charge on any atom is -0.354 e. The van der Waals surface area contributed by atoms with Crippen molar-refractivity contribution in [2.24, 2.45) is 0 Å². The molecule has 186 valence electrons. The zero-order valence-electron chi connectivity index (χ0n) is 21.5. The largest absolute Gasteiger partial charge is 0.354 e. The number of hydrogen-bond donors (Lipinski definition) is 1. The topological polar surface area (TPSA) is 34.0 Å². The number of nitrogens with one attached hydrogen (secondary N) is 1. The minimum atomic E-state index is 0.201. The molecule has 0 atom stereocenters. The second-order valence-electron chi connectivity index (χ2n) is 9.82. The van der Waals surface area contributed by atoms with Crippen LogP contribution in [0, 0.1) is 0 Å². The summed E-state index contributed by atoms with van der Waals surface area (Å²) in [7, 11) is 0. The summed E-state index contributed by atoms with van der Waals surface area (Å²) in [6.45, 7) is 3.82. The molecular formula is C30H50N2O. The maximum Gasteiger partial charge on any atom is 0.220 e. The molecule has 1 heterocycles. The number of para-hydroxylation sites is 1. The monoisotopic (exact) mass is 454 g/mol. The lowest BCUT2D eigenvalue weighted by molar-refractivity contribution is -0.121. The molecule has 0 bridgehead atoms. The van der Waals surface area contributed by atoms with Gasteiger partial charge in [-0.25, -0.2) is 0 Å². The van der Waals surface area contributed by atoms with Crippen LogP contribution in [0.25, 0.3) is 10.9 Å². The first-order chi connectivity index (χ1) is 16.3. The van der Waals surface area contributed by atoms with Crippen molar-refractivity contribution in [3.05, 3.63) is 36.5 Å². The fourth-order valence-electron chi connectivity index (χ4n) is 4.75. The average molecular weight is 455 g/mol. The van der Waals surface area contributed by atoms with Gasteiger partial charge in [0.25, 0.3) is 0 Å². The first-order valence-electron chi connectivity index (χ1n) is 14.1. The third-order valence-electron chi connectivity index (χ3n) is 6.86. The highest BCUT2D eigenvalue weighted by atomic mass is 16.1. The molecular weight excluding hydrogens is 404 g/mol. The Balaban J connectivity index is 1.31. The van der Waals surface area contributed by atoms with E-state index in [4.69, 9.17) is 0 Å². The highest BCUT2D eigenvalue weighted by Gasteiger charge is 2.03. The lowest BCUT2D eigenvalue weighted by Crippen LogP contribution is -2.26. The van der Waals surface area contributed by atoms with Gasteiger partial charge in [0.1, 0.15) is 0 Å². The van der Waals surface area contributed by atoms with E-state index in [1.54, 1.807) is 0 Å². The van der Waals surface area contributed by atoms with Crippen molar-refractivity contribution in [2.75, 3.05) is 6.54 Å². The summed E-state index contributed by atoms with van der Waals surface area (Å²) in [6.07, 6.45) is 26.1. The third kappa shape index (κ3) is 12.9. The van der Waals surface area contributed by atoms with Crippen LogP contribution in [0.1, 0.15) is 122 Å². The number of carbonyl (C=O) groups is 1. The summed E-state index contributed by atoms with van der Waals surface area (Å²) >= 11 is 0. The van der Waals surface area contributed by atoms with Gasteiger partial charge in [-0.3, -0.25) is 4.79 Å². The van der Waals surface area contributed by atoms with Crippen LogP contribution in [0.15, 0.2) is 36.5 Å². The van der Waals surface area contributed by atoms with Gasteiger partial charge in [-0.1, -0.05) is 128 Å². The number of hydrogen-bond acceptors (Lipinski definition) is 1. The van der Waals surface area contributed by atoms with Crippen LogP contribution in [-0.4, -0.2) is 17.0 Å². The minimum absolute atomic E-state index is 0.201. The van der Waals surface area contributed by atoms with E-state index in [0.29, 0.717) is 13.0 Å². The lowest BCUT2D eigenvalue weighted by Gasteiger charge is -2.08. The summed E-state index contributed by atoms with van der Waals surface area (Å²) in [6, 6.07) is 10.5. The first kappa shape index (κ1) is 27.5. The Morgan fingerprint density at radius 2 is 1.21 bits per heavy atom. The third-order valence-corrected chi connectivity index (χ3v) is 6.86. The molecule has 33 heavy (non-hydrogen) atoms. The lowest BCUT2D eigenvalue weighted by atomic mass is 10.0. The zero-order valence-corrected chi connectivity index (χ0v) is 21.5. The van der Waals surface area contributed by atoms with E-state index < -0.39 is 0 Å². The van der Waals surface area contributed by atoms with Crippen molar-refractivity contribution >= 4 is 16.8 Å². The van der Waals surface area contributed by atoms with Crippen molar-refractivity contribution in [1.82, 2.24) is 9.88 Å². The molecule has 1 amide bonds. The first-order valence-corrected chi connectivity index (χ1v) is 14.1. The number of aromatic nitrogens is 1. The zero-order chi connectivity index (χ0) is 23.4. The number of unbranched alkanes of at least 4 members (excludes halogenated alkanes) is 16. The molecule has 0 aliphatic rings. The predicted octanol–water partition coefficient (Wildman–Crippen LogP) is 8.80. The van der Waals surface area contributed by atoms with Crippen LogP contribution in [0.2, 0.25) is 0 Å². The van der Waals surface area contributed by atoms with E-state index in [0.717, 1.165) is 13.0 Å². The summed E-state index contributed by atoms with van der Waals surface area (Å²) in [5.74, 6) is 0.201. The fraction of sp³-hybridized carbons (Fsp3) is 0.700. The molecule has 0 saturated heterocycles. The van der Waals surface area contributed by atoms with Crippen LogP contribution >= 0.6 is 0 Å². The average Bonchev–Trinajstić information content (AvgIpc) is 3.24. The Morgan fingerprint density at radius 3 is 1.79 bits per heavy atom. The van der Waals surface area contributed by atoms with Crippen molar-refractivity contribution in [3.8, 4) is 0 Å². The van der Waals surface area contributed by atoms with Crippen molar-refractivity contribution in [1.29, 1.82) is 0 Å². The van der Waals surface area contributed by atoms with E-state index in [1.807, 2.05) is 0 Å². The number of rotatable bonds is 21. The van der Waals surface area contributed by atoms with Crippen LogP contribution in [0.5, 0.6) is 0 Å². The molecule has 1 aromatic heterocycles. The molecule has 0 radical (unpaired) electrons. The second-order valence-corrected chi connectivity index (χ2v) is 9.82. The van der Waals surface area contributed by atoms with Crippen molar-refractivity contribution in [2.45, 2.75) is 129 Å². The summed E-state index contributed by atoms with van der Waals surface area (Å²) in [5, 5.41) is 4.34. The molecule has 0 aliphatic heterocycles. The summed E-state index contributed by atoms with van der Waals surface area (Å²) in [5.41, 5.74) is 1.24. The maximum absolute atomic E-state index is 12.1. The van der Waals surface area contributed by atoms with Gasteiger partial charge >= 0.3 is 0 Å². The van der Waals surface area contributed by atoms with Crippen molar-refractivity contribution < 1.29 is 4.79 Å². The van der Waals surface area contributed by atoms with Gasteiger partial charge in [-0.2, -0.15) is 0 Å². The fourth-order valence-corrected chi connectivity index (χ4v) is 4.75. The number of benzene rings is 1. The normalized spacial score (nSPS) is 11.3. The van der Waals surface area contributed by atoms with Crippen LogP contribution < -0.4 is 5.32 Å². The SMILES string of the molecule is CCCCCCCCCCCCCCCCCCCC(=O)NCCn1ccc2ccccc21. The Bertz CT molecular complexity index is 736. The van der Waals surface area contributed by atoms with Gasteiger partial charge in [0.05, 0.1) is 0 Å². The Labute approximate surface area is 203 Å². The highest BCUT2D eigenvalue weighted by molar-refractivity contribution is 5.80. The van der Waals surface area contributed by atoms with E-state index in [-0.39, 0.29) is 5.91 Å². The summed E-state index contributed by atoms with van der Waals surface area (Å²) < 4.78 is 2.21. The summed E-state index contributed by atoms with van der Waals surface area (Å²) in [4.78, 5) is 12.1. The second kappa shape index (κ2) is 18.6. The van der Waals surface area contributed by atoms with E-state index in [9.17, 15) is 4.79 Å². The standard InChI is InChI=1S/C30H50N2O/c1-2-3-4-5-6-7-8-9-10-11-12-13-14-15-16-17-18-23-30(33)31-25-27-32-26-24-28-21-19-20-22-29(28)32/h19-22,24,26H,2-18,23,25,27H2,1H3,(H,31,33). The molecule has 3 nitrogen and oxygen atoms in total. The smallest absolute Gasteiger partial charge is 0.220 e. The number of fused-ring (bicyclic) bond motifs is 1. The predicted molar refractivity (Wildman–Crippen MR) is 144 cm³/mol. The maximum atomic E-state index is 12.1. The molecule has 1 aromatic carbocycles. The van der Waals surface area contributed by atoms with Crippen LogP contribution in [0.4, 0.5) is 0 Å². The van der Waals surface area contributed by atoms with E-state index in [1.165, 1.54) is 114 Å². The Kier molecular flexibility index (Phi) is 15.5. The van der Waals surface area contributed by atoms with Gasteiger partial charge in [0.2, 0.25) is 5.91 Å². The molecule has 3 heteroatoms. The molecule has 0 saturated carbocycles.